The second-order valence-electron chi connectivity index (χ2n) is 6.57. The lowest BCUT2D eigenvalue weighted by atomic mass is 10.00. The quantitative estimate of drug-likeness (QED) is 0.694. The molecule has 0 saturated carbocycles. The summed E-state index contributed by atoms with van der Waals surface area (Å²) < 4.78 is 0. The van der Waals surface area contributed by atoms with Crippen LogP contribution < -0.4 is 11.1 Å². The van der Waals surface area contributed by atoms with Crippen molar-refractivity contribution < 1.29 is 4.79 Å². The van der Waals surface area contributed by atoms with E-state index in [-0.39, 0.29) is 11.4 Å². The first-order chi connectivity index (χ1) is 8.88. The number of hydrogen-bond acceptors (Lipinski definition) is 3. The van der Waals surface area contributed by atoms with Crippen molar-refractivity contribution in [2.75, 3.05) is 19.6 Å². The average Bonchev–Trinajstić information content (AvgIpc) is 2.33. The van der Waals surface area contributed by atoms with Crippen LogP contribution in [0.5, 0.6) is 0 Å². The van der Waals surface area contributed by atoms with E-state index in [1.165, 1.54) is 25.8 Å². The lowest BCUT2D eigenvalue weighted by Crippen LogP contribution is -2.39. The second-order valence-corrected chi connectivity index (χ2v) is 6.57. The van der Waals surface area contributed by atoms with Gasteiger partial charge in [-0.3, -0.25) is 4.79 Å². The molecule has 0 spiro atoms. The third kappa shape index (κ3) is 7.53. The minimum absolute atomic E-state index is 0.130. The van der Waals surface area contributed by atoms with Crippen LogP contribution in [0.25, 0.3) is 0 Å². The van der Waals surface area contributed by atoms with Crippen LogP contribution in [0.15, 0.2) is 0 Å². The van der Waals surface area contributed by atoms with Crippen molar-refractivity contribution in [1.29, 1.82) is 0 Å². The molecule has 1 saturated heterocycles. The molecule has 0 bridgehead atoms. The summed E-state index contributed by atoms with van der Waals surface area (Å²) >= 11 is 0. The number of nitrogens with one attached hydrogen (secondary N) is 1. The lowest BCUT2D eigenvalue weighted by molar-refractivity contribution is -0.121. The molecule has 3 N–H and O–H groups in total. The normalized spacial score (nSPS) is 21.4. The lowest BCUT2D eigenvalue weighted by Gasteiger charge is -2.33. The van der Waals surface area contributed by atoms with E-state index in [0.717, 1.165) is 25.9 Å². The van der Waals surface area contributed by atoms with E-state index < -0.39 is 0 Å². The average molecular weight is 269 g/mol. The zero-order chi connectivity index (χ0) is 14.3. The maximum absolute atomic E-state index is 11.6. The fourth-order valence-corrected chi connectivity index (χ4v) is 2.52. The first-order valence-electron chi connectivity index (χ1n) is 7.68. The molecule has 1 atom stereocenters. The number of carbonyl (C=O) groups is 1. The maximum Gasteiger partial charge on any atom is 0.220 e. The Bertz CT molecular complexity index is 273. The molecular weight excluding hydrogens is 238 g/mol. The number of rotatable bonds is 7. The first-order valence-corrected chi connectivity index (χ1v) is 7.68. The zero-order valence-electron chi connectivity index (χ0n) is 12.9. The monoisotopic (exact) mass is 269 g/mol. The van der Waals surface area contributed by atoms with E-state index in [1.54, 1.807) is 0 Å². The highest BCUT2D eigenvalue weighted by atomic mass is 16.1. The zero-order valence-corrected chi connectivity index (χ0v) is 12.9. The Kier molecular flexibility index (Phi) is 6.80. The largest absolute Gasteiger partial charge is 0.356 e. The van der Waals surface area contributed by atoms with Crippen LogP contribution in [-0.2, 0) is 4.79 Å². The third-order valence-electron chi connectivity index (χ3n) is 3.88. The van der Waals surface area contributed by atoms with Gasteiger partial charge in [0.25, 0.3) is 0 Å². The smallest absolute Gasteiger partial charge is 0.220 e. The molecule has 112 valence electrons. The van der Waals surface area contributed by atoms with Gasteiger partial charge < -0.3 is 16.0 Å². The number of piperidine rings is 1. The van der Waals surface area contributed by atoms with Gasteiger partial charge in [-0.2, -0.15) is 0 Å². The van der Waals surface area contributed by atoms with Crippen LogP contribution in [0.1, 0.15) is 59.3 Å². The van der Waals surface area contributed by atoms with Gasteiger partial charge in [-0.25, -0.2) is 0 Å². The number of carbonyl (C=O) groups excluding carboxylic acids is 1. The Balaban J connectivity index is 2.05. The molecule has 4 nitrogen and oxygen atoms in total. The standard InChI is InChI=1S/C15H31N3O/c1-13-7-4-5-11-18(13)12-6-10-17-14(19)8-9-15(2,3)16/h13H,4-12,16H2,1-3H3,(H,17,19). The summed E-state index contributed by atoms with van der Waals surface area (Å²) in [7, 11) is 0. The summed E-state index contributed by atoms with van der Waals surface area (Å²) in [5.74, 6) is 0.130. The Hall–Kier alpha value is -0.610. The van der Waals surface area contributed by atoms with Crippen molar-refractivity contribution in [2.45, 2.75) is 70.9 Å². The van der Waals surface area contributed by atoms with Crippen molar-refractivity contribution in [3.05, 3.63) is 0 Å². The van der Waals surface area contributed by atoms with Gasteiger partial charge in [-0.1, -0.05) is 6.42 Å². The third-order valence-corrected chi connectivity index (χ3v) is 3.88. The van der Waals surface area contributed by atoms with Crippen molar-refractivity contribution in [1.82, 2.24) is 10.2 Å². The first kappa shape index (κ1) is 16.4. The molecule has 0 aromatic heterocycles. The molecule has 19 heavy (non-hydrogen) atoms. The Morgan fingerprint density at radius 1 is 1.42 bits per heavy atom. The van der Waals surface area contributed by atoms with Crippen molar-refractivity contribution in [2.24, 2.45) is 5.73 Å². The van der Waals surface area contributed by atoms with Gasteiger partial charge in [0.05, 0.1) is 0 Å². The summed E-state index contributed by atoms with van der Waals surface area (Å²) in [5.41, 5.74) is 5.62. The molecule has 4 heteroatoms. The second kappa shape index (κ2) is 7.85. The molecule has 1 amide bonds. The van der Waals surface area contributed by atoms with E-state index in [4.69, 9.17) is 5.73 Å². The number of hydrogen-bond donors (Lipinski definition) is 2. The van der Waals surface area contributed by atoms with Gasteiger partial charge in [0.15, 0.2) is 0 Å². The molecule has 0 aromatic carbocycles. The Morgan fingerprint density at radius 3 is 2.79 bits per heavy atom. The predicted molar refractivity (Wildman–Crippen MR) is 80.0 cm³/mol. The number of nitrogens with two attached hydrogens (primary N) is 1. The van der Waals surface area contributed by atoms with Crippen LogP contribution in [0.3, 0.4) is 0 Å². The fourth-order valence-electron chi connectivity index (χ4n) is 2.52. The van der Waals surface area contributed by atoms with Crippen LogP contribution in [-0.4, -0.2) is 42.0 Å². The summed E-state index contributed by atoms with van der Waals surface area (Å²) in [6, 6.07) is 0.711. The molecule has 0 radical (unpaired) electrons. The van der Waals surface area contributed by atoms with Gasteiger partial charge >= 0.3 is 0 Å². The van der Waals surface area contributed by atoms with Crippen LogP contribution in [0.4, 0.5) is 0 Å². The van der Waals surface area contributed by atoms with Crippen LogP contribution in [0.2, 0.25) is 0 Å². The van der Waals surface area contributed by atoms with Gasteiger partial charge in [0, 0.05) is 31.1 Å². The summed E-state index contributed by atoms with van der Waals surface area (Å²) in [6.07, 6.45) is 6.32. The van der Waals surface area contributed by atoms with E-state index >= 15 is 0 Å². The molecule has 1 aliphatic heterocycles. The topological polar surface area (TPSA) is 58.4 Å². The minimum Gasteiger partial charge on any atom is -0.356 e. The predicted octanol–water partition coefficient (Wildman–Crippen LogP) is 1.88. The molecule has 1 rings (SSSR count). The van der Waals surface area contributed by atoms with Crippen molar-refractivity contribution in [3.63, 3.8) is 0 Å². The number of likely N-dealkylation sites (tertiary alicyclic amines) is 1. The molecule has 0 aliphatic carbocycles. The van der Waals surface area contributed by atoms with E-state index in [1.807, 2.05) is 13.8 Å². The molecule has 1 heterocycles. The number of nitrogens with zero attached hydrogens (tertiary/aromatic N) is 1. The highest BCUT2D eigenvalue weighted by Crippen LogP contribution is 2.16. The highest BCUT2D eigenvalue weighted by Gasteiger charge is 2.17. The van der Waals surface area contributed by atoms with Crippen LogP contribution >= 0.6 is 0 Å². The van der Waals surface area contributed by atoms with Crippen molar-refractivity contribution in [3.8, 4) is 0 Å². The van der Waals surface area contributed by atoms with Gasteiger partial charge in [0.1, 0.15) is 0 Å². The van der Waals surface area contributed by atoms with Gasteiger partial charge in [-0.15, -0.1) is 0 Å². The van der Waals surface area contributed by atoms with Gasteiger partial charge in [0.2, 0.25) is 5.91 Å². The van der Waals surface area contributed by atoms with E-state index in [9.17, 15) is 4.79 Å². The minimum atomic E-state index is -0.249. The van der Waals surface area contributed by atoms with E-state index in [0.29, 0.717) is 12.5 Å². The highest BCUT2D eigenvalue weighted by molar-refractivity contribution is 5.75. The molecule has 1 aliphatic rings. The van der Waals surface area contributed by atoms with Gasteiger partial charge in [-0.05, 0) is 53.0 Å². The van der Waals surface area contributed by atoms with Crippen LogP contribution in [0, 0.1) is 0 Å². The Labute approximate surface area is 118 Å². The summed E-state index contributed by atoms with van der Waals surface area (Å²) in [5, 5.41) is 2.99. The summed E-state index contributed by atoms with van der Waals surface area (Å²) in [6.45, 7) is 9.32. The molecule has 0 aromatic rings. The van der Waals surface area contributed by atoms with Crippen molar-refractivity contribution >= 4 is 5.91 Å². The molecule has 1 fully saturated rings. The molecular formula is C15H31N3O. The maximum atomic E-state index is 11.6. The fraction of sp³-hybridized carbons (Fsp3) is 0.933. The SMILES string of the molecule is CC1CCCCN1CCCNC(=O)CCC(C)(C)N. The Morgan fingerprint density at radius 2 is 2.16 bits per heavy atom. The number of amides is 1. The van der Waals surface area contributed by atoms with E-state index in [2.05, 4.69) is 17.1 Å². The molecule has 1 unspecified atom stereocenters. The summed E-state index contributed by atoms with van der Waals surface area (Å²) in [4.78, 5) is 14.2.